The quantitative estimate of drug-likeness (QED) is 0.882. The van der Waals surface area contributed by atoms with Crippen LogP contribution >= 0.6 is 15.9 Å². The van der Waals surface area contributed by atoms with Crippen LogP contribution in [0.15, 0.2) is 22.8 Å². The van der Waals surface area contributed by atoms with Gasteiger partial charge in [-0.3, -0.25) is 0 Å². The SMILES string of the molecule is CNCc1cn(-c2cc(Br)c(F)cc2F)nn1. The number of aromatic nitrogens is 3. The third kappa shape index (κ3) is 2.50. The Labute approximate surface area is 105 Å². The van der Waals surface area contributed by atoms with Crippen molar-refractivity contribution in [3.05, 3.63) is 40.1 Å². The highest BCUT2D eigenvalue weighted by Crippen LogP contribution is 2.22. The molecule has 7 heteroatoms. The topological polar surface area (TPSA) is 42.7 Å². The van der Waals surface area contributed by atoms with Gasteiger partial charge in [-0.1, -0.05) is 5.21 Å². The highest BCUT2D eigenvalue weighted by molar-refractivity contribution is 9.10. The van der Waals surface area contributed by atoms with Gasteiger partial charge in [0.15, 0.2) is 5.82 Å². The lowest BCUT2D eigenvalue weighted by molar-refractivity contribution is 0.568. The molecule has 0 aliphatic carbocycles. The van der Waals surface area contributed by atoms with Gasteiger partial charge in [-0.25, -0.2) is 13.5 Å². The maximum absolute atomic E-state index is 13.5. The van der Waals surface area contributed by atoms with E-state index in [9.17, 15) is 8.78 Å². The van der Waals surface area contributed by atoms with Gasteiger partial charge in [0.25, 0.3) is 0 Å². The van der Waals surface area contributed by atoms with E-state index in [4.69, 9.17) is 0 Å². The summed E-state index contributed by atoms with van der Waals surface area (Å²) >= 11 is 3.00. The first-order valence-electron chi connectivity index (χ1n) is 4.82. The number of rotatable bonds is 3. The van der Waals surface area contributed by atoms with Crippen molar-refractivity contribution >= 4 is 15.9 Å². The average Bonchev–Trinajstić information content (AvgIpc) is 2.72. The van der Waals surface area contributed by atoms with E-state index in [0.29, 0.717) is 12.2 Å². The van der Waals surface area contributed by atoms with Gasteiger partial charge in [0, 0.05) is 12.6 Å². The molecule has 1 N–H and O–H groups in total. The zero-order valence-electron chi connectivity index (χ0n) is 8.91. The Morgan fingerprint density at radius 2 is 2.12 bits per heavy atom. The number of hydrogen-bond donors (Lipinski definition) is 1. The summed E-state index contributed by atoms with van der Waals surface area (Å²) < 4.78 is 28.1. The number of nitrogens with zero attached hydrogens (tertiary/aromatic N) is 3. The third-order valence-electron chi connectivity index (χ3n) is 2.14. The zero-order valence-corrected chi connectivity index (χ0v) is 10.5. The summed E-state index contributed by atoms with van der Waals surface area (Å²) in [6.45, 7) is 0.532. The molecule has 17 heavy (non-hydrogen) atoms. The molecule has 0 aliphatic heterocycles. The van der Waals surface area contributed by atoms with Gasteiger partial charge in [0.05, 0.1) is 16.4 Å². The highest BCUT2D eigenvalue weighted by Gasteiger charge is 2.11. The molecule has 0 fully saturated rings. The van der Waals surface area contributed by atoms with Gasteiger partial charge in [0.1, 0.15) is 11.5 Å². The van der Waals surface area contributed by atoms with Crippen LogP contribution in [0.25, 0.3) is 5.69 Å². The van der Waals surface area contributed by atoms with E-state index in [2.05, 4.69) is 31.6 Å². The molecule has 0 bridgehead atoms. The Morgan fingerprint density at radius 3 is 2.82 bits per heavy atom. The summed E-state index contributed by atoms with van der Waals surface area (Å²) in [7, 11) is 1.77. The summed E-state index contributed by atoms with van der Waals surface area (Å²) in [6, 6.07) is 2.13. The molecule has 0 unspecified atom stereocenters. The van der Waals surface area contributed by atoms with Gasteiger partial charge >= 0.3 is 0 Å². The lowest BCUT2D eigenvalue weighted by Gasteiger charge is -2.03. The van der Waals surface area contributed by atoms with Crippen LogP contribution in [0.4, 0.5) is 8.78 Å². The Balaban J connectivity index is 2.41. The Kier molecular flexibility index (Phi) is 3.49. The van der Waals surface area contributed by atoms with Crippen LogP contribution in [-0.2, 0) is 6.54 Å². The predicted octanol–water partition coefficient (Wildman–Crippen LogP) is 2.03. The first-order chi connectivity index (χ1) is 8.11. The standard InChI is InChI=1S/C10H9BrF2N4/c1-14-4-6-5-17(16-15-6)10-2-7(11)8(12)3-9(10)13/h2-3,5,14H,4H2,1H3. The molecule has 1 heterocycles. The van der Waals surface area contributed by atoms with Gasteiger partial charge in [0.2, 0.25) is 0 Å². The monoisotopic (exact) mass is 302 g/mol. The number of halogens is 3. The first kappa shape index (κ1) is 12.1. The summed E-state index contributed by atoms with van der Waals surface area (Å²) in [6.07, 6.45) is 1.58. The van der Waals surface area contributed by atoms with Gasteiger partial charge in [-0.05, 0) is 29.0 Å². The molecule has 2 aromatic rings. The number of benzene rings is 1. The molecule has 1 aromatic carbocycles. The zero-order chi connectivity index (χ0) is 12.4. The minimum absolute atomic E-state index is 0.146. The van der Waals surface area contributed by atoms with Crippen LogP contribution in [0.1, 0.15) is 5.69 Å². The summed E-state index contributed by atoms with van der Waals surface area (Å²) in [5, 5.41) is 10.5. The van der Waals surface area contributed by atoms with Crippen molar-refractivity contribution in [1.82, 2.24) is 20.3 Å². The second-order valence-corrected chi connectivity index (χ2v) is 4.26. The van der Waals surface area contributed by atoms with Crippen molar-refractivity contribution in [1.29, 1.82) is 0 Å². The molecule has 90 valence electrons. The van der Waals surface area contributed by atoms with E-state index in [1.54, 1.807) is 13.2 Å². The van der Waals surface area contributed by atoms with Gasteiger partial charge in [-0.2, -0.15) is 0 Å². The molecule has 0 aliphatic rings. The maximum atomic E-state index is 13.5. The van der Waals surface area contributed by atoms with Crippen molar-refractivity contribution in [2.45, 2.75) is 6.54 Å². The van der Waals surface area contributed by atoms with Crippen molar-refractivity contribution in [2.24, 2.45) is 0 Å². The minimum atomic E-state index is -0.688. The molecular formula is C10H9BrF2N4. The van der Waals surface area contributed by atoms with E-state index < -0.39 is 11.6 Å². The number of nitrogens with one attached hydrogen (secondary N) is 1. The molecule has 0 amide bonds. The van der Waals surface area contributed by atoms with Gasteiger partial charge < -0.3 is 5.32 Å². The molecule has 4 nitrogen and oxygen atoms in total. The second kappa shape index (κ2) is 4.89. The third-order valence-corrected chi connectivity index (χ3v) is 2.74. The summed E-state index contributed by atoms with van der Waals surface area (Å²) in [5.41, 5.74) is 0.820. The largest absolute Gasteiger partial charge is 0.314 e. The van der Waals surface area contributed by atoms with E-state index >= 15 is 0 Å². The van der Waals surface area contributed by atoms with Crippen molar-refractivity contribution in [3.8, 4) is 5.69 Å². The average molecular weight is 303 g/mol. The van der Waals surface area contributed by atoms with E-state index in [0.717, 1.165) is 6.07 Å². The van der Waals surface area contributed by atoms with Crippen LogP contribution in [0.5, 0.6) is 0 Å². The first-order valence-corrected chi connectivity index (χ1v) is 5.62. The molecule has 1 aromatic heterocycles. The van der Waals surface area contributed by atoms with Crippen LogP contribution in [-0.4, -0.2) is 22.0 Å². The smallest absolute Gasteiger partial charge is 0.151 e. The molecule has 0 spiro atoms. The second-order valence-electron chi connectivity index (χ2n) is 3.40. The molecule has 0 radical (unpaired) electrons. The maximum Gasteiger partial charge on any atom is 0.151 e. The molecule has 2 rings (SSSR count). The van der Waals surface area contributed by atoms with Crippen LogP contribution in [0.3, 0.4) is 0 Å². The molecule has 0 saturated carbocycles. The Hall–Kier alpha value is -1.34. The minimum Gasteiger partial charge on any atom is -0.314 e. The highest BCUT2D eigenvalue weighted by atomic mass is 79.9. The van der Waals surface area contributed by atoms with Crippen LogP contribution in [0.2, 0.25) is 0 Å². The molecule has 0 saturated heterocycles. The normalized spacial score (nSPS) is 10.8. The van der Waals surface area contributed by atoms with E-state index in [-0.39, 0.29) is 10.2 Å². The van der Waals surface area contributed by atoms with Gasteiger partial charge in [-0.15, -0.1) is 5.10 Å². The molecule has 0 atom stereocenters. The molecular weight excluding hydrogens is 294 g/mol. The van der Waals surface area contributed by atoms with Crippen molar-refractivity contribution in [3.63, 3.8) is 0 Å². The number of hydrogen-bond acceptors (Lipinski definition) is 3. The summed E-state index contributed by atoms with van der Waals surface area (Å²) in [4.78, 5) is 0. The van der Waals surface area contributed by atoms with Crippen molar-refractivity contribution < 1.29 is 8.78 Å². The fourth-order valence-electron chi connectivity index (χ4n) is 1.37. The Morgan fingerprint density at radius 1 is 1.35 bits per heavy atom. The predicted molar refractivity (Wildman–Crippen MR) is 61.7 cm³/mol. The van der Waals surface area contributed by atoms with Crippen LogP contribution < -0.4 is 5.32 Å². The fourth-order valence-corrected chi connectivity index (χ4v) is 1.70. The van der Waals surface area contributed by atoms with E-state index in [1.165, 1.54) is 10.7 Å². The van der Waals surface area contributed by atoms with Crippen molar-refractivity contribution in [2.75, 3.05) is 7.05 Å². The van der Waals surface area contributed by atoms with Crippen LogP contribution in [0, 0.1) is 11.6 Å². The lowest BCUT2D eigenvalue weighted by atomic mass is 10.3. The fraction of sp³-hybridized carbons (Fsp3) is 0.200. The lowest BCUT2D eigenvalue weighted by Crippen LogP contribution is -2.05. The Bertz CT molecular complexity index is 541. The summed E-state index contributed by atoms with van der Waals surface area (Å²) in [5.74, 6) is -1.34. The van der Waals surface area contributed by atoms with E-state index in [1.807, 2.05) is 0 Å².